The first kappa shape index (κ1) is 76.6. The third-order valence-electron chi connectivity index (χ3n) is 16.1. The van der Waals surface area contributed by atoms with E-state index in [1.54, 1.807) is 0 Å². The highest BCUT2D eigenvalue weighted by Gasteiger charge is 2.19. The van der Waals surface area contributed by atoms with Gasteiger partial charge < -0.3 is 14.2 Å². The van der Waals surface area contributed by atoms with Crippen LogP contribution in [0.3, 0.4) is 0 Å². The number of rotatable bonds is 66. The van der Waals surface area contributed by atoms with Crippen molar-refractivity contribution in [2.75, 3.05) is 13.2 Å². The molecule has 6 heteroatoms. The summed E-state index contributed by atoms with van der Waals surface area (Å²) >= 11 is 0. The normalized spacial score (nSPS) is 12.2. The van der Waals surface area contributed by atoms with Crippen LogP contribution in [0.25, 0.3) is 0 Å². The summed E-state index contributed by atoms with van der Waals surface area (Å²) in [6, 6.07) is 0. The van der Waals surface area contributed by atoms with Crippen LogP contribution in [-0.4, -0.2) is 37.2 Å². The number of unbranched alkanes of at least 4 members (excludes halogenated alkanes) is 49. The Labute approximate surface area is 493 Å². The van der Waals surface area contributed by atoms with Crippen LogP contribution in [0.5, 0.6) is 0 Å². The summed E-state index contributed by atoms with van der Waals surface area (Å²) < 4.78 is 17.0. The second-order valence-electron chi connectivity index (χ2n) is 24.1. The van der Waals surface area contributed by atoms with Crippen LogP contribution in [-0.2, 0) is 28.6 Å². The quantitative estimate of drug-likeness (QED) is 0.0261. The van der Waals surface area contributed by atoms with Crippen LogP contribution in [0.1, 0.15) is 393 Å². The maximum Gasteiger partial charge on any atom is 0.306 e. The maximum atomic E-state index is 13.0. The molecule has 0 bridgehead atoms. The molecule has 6 nitrogen and oxygen atoms in total. The number of hydrogen-bond acceptors (Lipinski definition) is 6. The van der Waals surface area contributed by atoms with E-state index in [2.05, 4.69) is 57.2 Å². The summed E-state index contributed by atoms with van der Waals surface area (Å²) in [7, 11) is 0. The molecule has 0 radical (unpaired) electrons. The zero-order valence-electron chi connectivity index (χ0n) is 53.4. The van der Waals surface area contributed by atoms with Crippen LogP contribution in [0.4, 0.5) is 0 Å². The predicted octanol–water partition coefficient (Wildman–Crippen LogP) is 24.3. The van der Waals surface area contributed by atoms with Crippen molar-refractivity contribution in [1.29, 1.82) is 0 Å². The maximum absolute atomic E-state index is 13.0. The molecule has 0 N–H and O–H groups in total. The smallest absolute Gasteiger partial charge is 0.306 e. The highest BCUT2D eigenvalue weighted by atomic mass is 16.6. The first-order valence-corrected chi connectivity index (χ1v) is 35.5. The third-order valence-corrected chi connectivity index (χ3v) is 16.1. The van der Waals surface area contributed by atoms with E-state index in [4.69, 9.17) is 14.2 Å². The van der Waals surface area contributed by atoms with Crippen LogP contribution in [0.2, 0.25) is 0 Å². The van der Waals surface area contributed by atoms with E-state index in [1.807, 2.05) is 0 Å². The fourth-order valence-corrected chi connectivity index (χ4v) is 10.8. The Morgan fingerprint density at radius 2 is 0.456 bits per heavy atom. The zero-order chi connectivity index (χ0) is 57.1. The Morgan fingerprint density at radius 3 is 0.709 bits per heavy atom. The lowest BCUT2D eigenvalue weighted by Gasteiger charge is -2.18. The lowest BCUT2D eigenvalue weighted by molar-refractivity contribution is -0.167. The molecule has 1 unspecified atom stereocenters. The van der Waals surface area contributed by atoms with Crippen molar-refractivity contribution in [1.82, 2.24) is 0 Å². The highest BCUT2D eigenvalue weighted by Crippen LogP contribution is 2.18. The van der Waals surface area contributed by atoms with E-state index >= 15 is 0 Å². The van der Waals surface area contributed by atoms with Crippen LogP contribution < -0.4 is 0 Å². The van der Waals surface area contributed by atoms with Gasteiger partial charge in [0.2, 0.25) is 0 Å². The second-order valence-corrected chi connectivity index (χ2v) is 24.1. The fraction of sp³-hybridized carbons (Fsp3) is 0.877. The Morgan fingerprint density at radius 1 is 0.253 bits per heavy atom. The van der Waals surface area contributed by atoms with Gasteiger partial charge in [-0.2, -0.15) is 0 Å². The number of ether oxygens (including phenoxy) is 3. The van der Waals surface area contributed by atoms with Gasteiger partial charge in [-0.05, 0) is 77.0 Å². The molecular formula is C73H136O6. The van der Waals surface area contributed by atoms with E-state index in [1.165, 1.54) is 289 Å². The average molecular weight is 1110 g/mol. The number of hydrogen-bond donors (Lipinski definition) is 0. The van der Waals surface area contributed by atoms with Crippen molar-refractivity contribution in [3.63, 3.8) is 0 Å². The van der Waals surface area contributed by atoms with Gasteiger partial charge in [0.25, 0.3) is 0 Å². The second kappa shape index (κ2) is 68.1. The van der Waals surface area contributed by atoms with E-state index in [9.17, 15) is 14.4 Å². The van der Waals surface area contributed by atoms with Crippen LogP contribution in [0, 0.1) is 0 Å². The number of esters is 3. The fourth-order valence-electron chi connectivity index (χ4n) is 10.8. The molecule has 0 heterocycles. The standard InChI is InChI=1S/C73H136O6/c1-4-7-10-13-16-19-22-25-28-31-34-36-37-38-40-42-45-48-51-54-57-60-63-66-72(75)78-69-70(68-77-71(74)65-62-59-56-53-50-47-44-41-33-30-27-24-21-18-15-12-9-6-3)79-73(76)67-64-61-58-55-52-49-46-43-39-35-32-29-26-23-20-17-14-11-8-5-2/h22,25,30-31,33-34,70H,4-21,23-24,26-29,32,35-69H2,1-3H3/b25-22-,33-30-,34-31-. The minimum atomic E-state index is -0.774. The van der Waals surface area contributed by atoms with Gasteiger partial charge in [0.05, 0.1) is 0 Å². The van der Waals surface area contributed by atoms with Crippen molar-refractivity contribution < 1.29 is 28.6 Å². The molecule has 0 aromatic carbocycles. The van der Waals surface area contributed by atoms with E-state index < -0.39 is 6.10 Å². The highest BCUT2D eigenvalue weighted by molar-refractivity contribution is 5.71. The van der Waals surface area contributed by atoms with Crippen molar-refractivity contribution in [2.45, 2.75) is 399 Å². The molecule has 0 saturated heterocycles. The van der Waals surface area contributed by atoms with Crippen molar-refractivity contribution >= 4 is 17.9 Å². The molecule has 0 fully saturated rings. The Bertz CT molecular complexity index is 1320. The van der Waals surface area contributed by atoms with Gasteiger partial charge in [0.1, 0.15) is 13.2 Å². The average Bonchev–Trinajstić information content (AvgIpc) is 3.45. The van der Waals surface area contributed by atoms with Gasteiger partial charge in [0, 0.05) is 19.3 Å². The lowest BCUT2D eigenvalue weighted by atomic mass is 10.0. The first-order valence-electron chi connectivity index (χ1n) is 35.5. The van der Waals surface area contributed by atoms with Gasteiger partial charge >= 0.3 is 17.9 Å². The monoisotopic (exact) mass is 1110 g/mol. The number of carbonyl (C=O) groups excluding carboxylic acids is 3. The molecular weight excluding hydrogens is 973 g/mol. The first-order chi connectivity index (χ1) is 39.0. The molecule has 0 aromatic rings. The number of carbonyl (C=O) groups is 3. The van der Waals surface area contributed by atoms with Crippen molar-refractivity contribution in [3.8, 4) is 0 Å². The molecule has 1 atom stereocenters. The van der Waals surface area contributed by atoms with E-state index in [0.29, 0.717) is 19.3 Å². The molecule has 0 spiro atoms. The van der Waals surface area contributed by atoms with E-state index in [0.717, 1.165) is 64.2 Å². The minimum absolute atomic E-state index is 0.0697. The van der Waals surface area contributed by atoms with Crippen molar-refractivity contribution in [3.05, 3.63) is 36.5 Å². The molecule has 0 amide bonds. The molecule has 0 aliphatic heterocycles. The summed E-state index contributed by atoms with van der Waals surface area (Å²) in [6.07, 6.45) is 84.5. The summed E-state index contributed by atoms with van der Waals surface area (Å²) in [5.41, 5.74) is 0. The van der Waals surface area contributed by atoms with Crippen LogP contribution in [0.15, 0.2) is 36.5 Å². The predicted molar refractivity (Wildman–Crippen MR) is 344 cm³/mol. The van der Waals surface area contributed by atoms with Gasteiger partial charge in [-0.3, -0.25) is 14.4 Å². The largest absolute Gasteiger partial charge is 0.462 e. The molecule has 0 aliphatic rings. The molecule has 0 aliphatic carbocycles. The van der Waals surface area contributed by atoms with Crippen LogP contribution >= 0.6 is 0 Å². The molecule has 0 rings (SSSR count). The Kier molecular flexibility index (Phi) is 66.1. The van der Waals surface area contributed by atoms with Gasteiger partial charge in [-0.25, -0.2) is 0 Å². The van der Waals surface area contributed by atoms with Gasteiger partial charge in [-0.1, -0.05) is 333 Å². The lowest BCUT2D eigenvalue weighted by Crippen LogP contribution is -2.30. The van der Waals surface area contributed by atoms with Crippen molar-refractivity contribution in [2.24, 2.45) is 0 Å². The molecule has 79 heavy (non-hydrogen) atoms. The third kappa shape index (κ3) is 66.3. The topological polar surface area (TPSA) is 78.9 Å². The SMILES string of the molecule is CCCCCCC/C=C\C/C=C\CCCCCCCCCCCCCC(=O)OCC(COC(=O)CCCCCCCCC/C=C\CCCCCCCCC)OC(=O)CCCCCCCCCCCCCCCCCCCCCC. The summed E-state index contributed by atoms with van der Waals surface area (Å²) in [5.74, 6) is -0.845. The zero-order valence-corrected chi connectivity index (χ0v) is 53.4. The number of allylic oxidation sites excluding steroid dienone is 6. The van der Waals surface area contributed by atoms with Gasteiger partial charge in [0.15, 0.2) is 6.10 Å². The Balaban J connectivity index is 4.31. The molecule has 464 valence electrons. The van der Waals surface area contributed by atoms with E-state index in [-0.39, 0.29) is 31.1 Å². The summed E-state index contributed by atoms with van der Waals surface area (Å²) in [5, 5.41) is 0. The molecule has 0 saturated carbocycles. The van der Waals surface area contributed by atoms with Gasteiger partial charge in [-0.15, -0.1) is 0 Å². The summed E-state index contributed by atoms with van der Waals surface area (Å²) in [6.45, 7) is 6.70. The minimum Gasteiger partial charge on any atom is -0.462 e. The Hall–Kier alpha value is -2.37. The summed E-state index contributed by atoms with van der Waals surface area (Å²) in [4.78, 5) is 38.5. The molecule has 0 aromatic heterocycles.